The van der Waals surface area contributed by atoms with Crippen molar-refractivity contribution in [3.05, 3.63) is 0 Å². The third kappa shape index (κ3) is 6.23. The molecule has 0 aliphatic carbocycles. The molecule has 1 rings (SSSR count). The van der Waals surface area contributed by atoms with Gasteiger partial charge in [0.15, 0.2) is 5.96 Å². The number of hydrogen-bond donors (Lipinski definition) is 2. The van der Waals surface area contributed by atoms with E-state index in [0.29, 0.717) is 6.04 Å². The van der Waals surface area contributed by atoms with E-state index in [1.807, 2.05) is 23.5 Å². The van der Waals surface area contributed by atoms with Gasteiger partial charge in [-0.25, -0.2) is 0 Å². The third-order valence-electron chi connectivity index (χ3n) is 3.02. The Morgan fingerprint density at radius 3 is 2.83 bits per heavy atom. The molecule has 0 aromatic carbocycles. The van der Waals surface area contributed by atoms with Gasteiger partial charge in [0, 0.05) is 23.1 Å². The van der Waals surface area contributed by atoms with Crippen LogP contribution in [-0.4, -0.2) is 47.6 Å². The highest BCUT2D eigenvalue weighted by atomic mass is 32.2. The first-order valence-electron chi connectivity index (χ1n) is 6.75. The van der Waals surface area contributed by atoms with Gasteiger partial charge in [-0.05, 0) is 45.6 Å². The summed E-state index contributed by atoms with van der Waals surface area (Å²) in [7, 11) is 0. The van der Waals surface area contributed by atoms with Gasteiger partial charge in [0.25, 0.3) is 0 Å². The van der Waals surface area contributed by atoms with E-state index < -0.39 is 0 Å². The van der Waals surface area contributed by atoms with Gasteiger partial charge in [-0.3, -0.25) is 4.99 Å². The Kier molecular flexibility index (Phi) is 7.30. The van der Waals surface area contributed by atoms with Gasteiger partial charge < -0.3 is 10.6 Å². The van der Waals surface area contributed by atoms with Crippen LogP contribution in [0.1, 0.15) is 33.6 Å². The summed E-state index contributed by atoms with van der Waals surface area (Å²) in [6, 6.07) is 0.582. The van der Waals surface area contributed by atoms with Crippen molar-refractivity contribution in [1.82, 2.24) is 10.6 Å². The largest absolute Gasteiger partial charge is 0.357 e. The highest BCUT2D eigenvalue weighted by Crippen LogP contribution is 2.21. The average Bonchev–Trinajstić information content (AvgIpc) is 2.38. The van der Waals surface area contributed by atoms with Crippen LogP contribution in [0, 0.1) is 0 Å². The molecular weight excluding hydrogens is 262 g/mol. The lowest BCUT2D eigenvalue weighted by Gasteiger charge is -2.26. The summed E-state index contributed by atoms with van der Waals surface area (Å²) >= 11 is 3.91. The smallest absolute Gasteiger partial charge is 0.191 e. The van der Waals surface area contributed by atoms with Crippen molar-refractivity contribution in [2.75, 3.05) is 30.9 Å². The van der Waals surface area contributed by atoms with Crippen LogP contribution in [0.2, 0.25) is 0 Å². The number of nitrogens with zero attached hydrogens (tertiary/aromatic N) is 1. The summed E-state index contributed by atoms with van der Waals surface area (Å²) < 4.78 is 0.212. The Balaban J connectivity index is 2.49. The maximum atomic E-state index is 4.71. The minimum absolute atomic E-state index is 0.212. The molecule has 0 aromatic rings. The summed E-state index contributed by atoms with van der Waals surface area (Å²) in [5.41, 5.74) is 0. The summed E-state index contributed by atoms with van der Waals surface area (Å²) in [5, 5.41) is 6.91. The van der Waals surface area contributed by atoms with Crippen molar-refractivity contribution in [1.29, 1.82) is 0 Å². The van der Waals surface area contributed by atoms with Gasteiger partial charge >= 0.3 is 0 Å². The quantitative estimate of drug-likeness (QED) is 0.602. The van der Waals surface area contributed by atoms with E-state index in [1.165, 1.54) is 24.3 Å². The summed E-state index contributed by atoms with van der Waals surface area (Å²) in [6.07, 6.45) is 4.73. The molecule has 0 aromatic heterocycles. The molecule has 5 heteroatoms. The predicted octanol–water partition coefficient (Wildman–Crippen LogP) is 2.58. The van der Waals surface area contributed by atoms with E-state index in [9.17, 15) is 0 Å². The fraction of sp³-hybridized carbons (Fsp3) is 0.923. The van der Waals surface area contributed by atoms with Crippen molar-refractivity contribution in [3.63, 3.8) is 0 Å². The molecule has 18 heavy (non-hydrogen) atoms. The molecule has 106 valence electrons. The van der Waals surface area contributed by atoms with Crippen molar-refractivity contribution in [2.45, 2.75) is 44.4 Å². The molecule has 0 spiro atoms. The Hall–Kier alpha value is -0.0300. The molecule has 0 bridgehead atoms. The predicted molar refractivity (Wildman–Crippen MR) is 87.1 cm³/mol. The third-order valence-corrected chi connectivity index (χ3v) is 5.47. The summed E-state index contributed by atoms with van der Waals surface area (Å²) in [6.45, 7) is 8.36. The monoisotopic (exact) mass is 289 g/mol. The molecule has 1 aliphatic rings. The van der Waals surface area contributed by atoms with Crippen molar-refractivity contribution < 1.29 is 0 Å². The van der Waals surface area contributed by atoms with E-state index in [-0.39, 0.29) is 4.75 Å². The van der Waals surface area contributed by atoms with Crippen LogP contribution >= 0.6 is 23.5 Å². The summed E-state index contributed by atoms with van der Waals surface area (Å²) in [4.78, 5) is 4.71. The second-order valence-electron chi connectivity index (χ2n) is 5.22. The van der Waals surface area contributed by atoms with Crippen molar-refractivity contribution in [2.24, 2.45) is 4.99 Å². The van der Waals surface area contributed by atoms with E-state index in [2.05, 4.69) is 37.7 Å². The topological polar surface area (TPSA) is 36.4 Å². The van der Waals surface area contributed by atoms with E-state index in [1.54, 1.807) is 0 Å². The lowest BCUT2D eigenvalue weighted by atomic mass is 10.2. The highest BCUT2D eigenvalue weighted by Gasteiger charge is 2.17. The average molecular weight is 290 g/mol. The first kappa shape index (κ1) is 16.0. The molecule has 0 saturated carbocycles. The van der Waals surface area contributed by atoms with Crippen molar-refractivity contribution in [3.8, 4) is 0 Å². The first-order valence-corrected chi connectivity index (χ1v) is 9.13. The van der Waals surface area contributed by atoms with Gasteiger partial charge in [-0.15, -0.1) is 0 Å². The maximum absolute atomic E-state index is 4.71. The highest BCUT2D eigenvalue weighted by molar-refractivity contribution is 8.00. The van der Waals surface area contributed by atoms with E-state index in [0.717, 1.165) is 19.0 Å². The van der Waals surface area contributed by atoms with Crippen LogP contribution in [0.15, 0.2) is 4.99 Å². The van der Waals surface area contributed by atoms with E-state index >= 15 is 0 Å². The number of rotatable bonds is 5. The zero-order valence-corrected chi connectivity index (χ0v) is 13.7. The van der Waals surface area contributed by atoms with Gasteiger partial charge in [0.05, 0.1) is 6.54 Å². The SMILES string of the molecule is CCNC(=NCC(C)(C)SC)NC1CCCSC1. The molecule has 3 nitrogen and oxygen atoms in total. The van der Waals surface area contributed by atoms with Crippen LogP contribution in [0.5, 0.6) is 0 Å². The van der Waals surface area contributed by atoms with Gasteiger partial charge in [-0.2, -0.15) is 23.5 Å². The number of aliphatic imine (C=N–C) groups is 1. The molecule has 1 atom stereocenters. The molecule has 1 aliphatic heterocycles. The molecule has 0 radical (unpaired) electrons. The van der Waals surface area contributed by atoms with Crippen LogP contribution in [0.3, 0.4) is 0 Å². The number of nitrogens with one attached hydrogen (secondary N) is 2. The molecule has 1 unspecified atom stereocenters. The van der Waals surface area contributed by atoms with Gasteiger partial charge in [-0.1, -0.05) is 0 Å². The Morgan fingerprint density at radius 1 is 1.50 bits per heavy atom. The van der Waals surface area contributed by atoms with Crippen LogP contribution in [0.4, 0.5) is 0 Å². The standard InChI is InChI=1S/C13H27N3S2/c1-5-14-12(15-10-13(2,3)17-4)16-11-7-6-8-18-9-11/h11H,5-10H2,1-4H3,(H2,14,15,16). The lowest BCUT2D eigenvalue weighted by Crippen LogP contribution is -2.46. The zero-order chi connectivity index (χ0) is 13.4. The fourth-order valence-corrected chi connectivity index (χ4v) is 2.97. The molecule has 0 amide bonds. The molecule has 1 saturated heterocycles. The lowest BCUT2D eigenvalue weighted by molar-refractivity contribution is 0.580. The molecule has 1 fully saturated rings. The number of thioether (sulfide) groups is 2. The number of hydrogen-bond acceptors (Lipinski definition) is 3. The van der Waals surface area contributed by atoms with Crippen molar-refractivity contribution >= 4 is 29.5 Å². The maximum Gasteiger partial charge on any atom is 0.191 e. The minimum atomic E-state index is 0.212. The second-order valence-corrected chi connectivity index (χ2v) is 7.88. The van der Waals surface area contributed by atoms with Gasteiger partial charge in [0.1, 0.15) is 0 Å². The molecule has 2 N–H and O–H groups in total. The summed E-state index contributed by atoms with van der Waals surface area (Å²) in [5.74, 6) is 3.49. The Labute approximate surface area is 120 Å². The number of guanidine groups is 1. The second kappa shape index (κ2) is 8.20. The minimum Gasteiger partial charge on any atom is -0.357 e. The van der Waals surface area contributed by atoms with Crippen LogP contribution in [0.25, 0.3) is 0 Å². The Morgan fingerprint density at radius 2 is 2.28 bits per heavy atom. The first-order chi connectivity index (χ1) is 8.57. The van der Waals surface area contributed by atoms with Crippen LogP contribution < -0.4 is 10.6 Å². The normalized spacial score (nSPS) is 21.8. The van der Waals surface area contributed by atoms with Gasteiger partial charge in [0.2, 0.25) is 0 Å². The molecular formula is C13H27N3S2. The molecule has 1 heterocycles. The Bertz CT molecular complexity index is 261. The fourth-order valence-electron chi connectivity index (χ4n) is 1.70. The van der Waals surface area contributed by atoms with Crippen LogP contribution in [-0.2, 0) is 0 Å². The van der Waals surface area contributed by atoms with E-state index in [4.69, 9.17) is 4.99 Å². The zero-order valence-electron chi connectivity index (χ0n) is 12.1.